The molecule has 0 spiro atoms. The van der Waals surface area contributed by atoms with Gasteiger partial charge in [0.1, 0.15) is 17.1 Å². The summed E-state index contributed by atoms with van der Waals surface area (Å²) in [6, 6.07) is 11.5. The molecule has 0 N–H and O–H groups in total. The maximum Gasteiger partial charge on any atom is 0.152 e. The third-order valence-corrected chi connectivity index (χ3v) is 4.29. The number of anilines is 1. The van der Waals surface area contributed by atoms with E-state index in [0.29, 0.717) is 16.6 Å². The minimum Gasteiger partial charge on any atom is -0.378 e. The molecule has 3 nitrogen and oxygen atoms in total. The first-order chi connectivity index (χ1) is 12.3. The lowest BCUT2D eigenvalue weighted by atomic mass is 9.99. The van der Waals surface area contributed by atoms with Crippen LogP contribution < -0.4 is 4.90 Å². The molecule has 0 atom stereocenters. The molecule has 3 aromatic rings. The Morgan fingerprint density at radius 1 is 1.04 bits per heavy atom. The van der Waals surface area contributed by atoms with Crippen LogP contribution in [0.1, 0.15) is 16.8 Å². The van der Waals surface area contributed by atoms with E-state index in [2.05, 4.69) is 4.98 Å². The molecule has 0 radical (unpaired) electrons. The molecular formula is C21H20F2N2O. The van der Waals surface area contributed by atoms with Crippen LogP contribution >= 0.6 is 0 Å². The van der Waals surface area contributed by atoms with Gasteiger partial charge in [-0.05, 0) is 42.3 Å². The van der Waals surface area contributed by atoms with Gasteiger partial charge in [0, 0.05) is 49.8 Å². The normalized spacial score (nSPS) is 11.0. The number of hydrogen-bond acceptors (Lipinski definition) is 3. The van der Waals surface area contributed by atoms with Crippen LogP contribution in [0.3, 0.4) is 0 Å². The number of halogens is 2. The van der Waals surface area contributed by atoms with Crippen LogP contribution in [0, 0.1) is 18.6 Å². The Bertz CT molecular complexity index is 966. The number of Topliss-reactive ketones (excluding diaryl/α,β-unsaturated/α-hetero) is 1. The fourth-order valence-corrected chi connectivity index (χ4v) is 3.02. The fourth-order valence-electron chi connectivity index (χ4n) is 3.02. The van der Waals surface area contributed by atoms with Crippen molar-refractivity contribution in [2.45, 2.75) is 19.8 Å². The van der Waals surface area contributed by atoms with Crippen LogP contribution in [-0.4, -0.2) is 24.9 Å². The van der Waals surface area contributed by atoms with Gasteiger partial charge >= 0.3 is 0 Å². The highest BCUT2D eigenvalue weighted by atomic mass is 19.1. The molecule has 26 heavy (non-hydrogen) atoms. The Morgan fingerprint density at radius 2 is 1.73 bits per heavy atom. The Balaban J connectivity index is 1.85. The van der Waals surface area contributed by atoms with Gasteiger partial charge in [0.05, 0.1) is 0 Å². The van der Waals surface area contributed by atoms with Crippen molar-refractivity contribution in [3.63, 3.8) is 0 Å². The molecule has 3 rings (SSSR count). The number of benzene rings is 2. The van der Waals surface area contributed by atoms with Gasteiger partial charge in [-0.1, -0.05) is 12.1 Å². The van der Waals surface area contributed by atoms with Gasteiger partial charge in [0.25, 0.3) is 0 Å². The van der Waals surface area contributed by atoms with Crippen molar-refractivity contribution in [3.05, 3.63) is 70.9 Å². The van der Waals surface area contributed by atoms with Gasteiger partial charge in [0.2, 0.25) is 0 Å². The molecule has 0 amide bonds. The summed E-state index contributed by atoms with van der Waals surface area (Å²) < 4.78 is 27.6. The van der Waals surface area contributed by atoms with E-state index in [1.807, 2.05) is 43.3 Å². The lowest BCUT2D eigenvalue weighted by Crippen LogP contribution is -2.10. The number of ketones is 1. The van der Waals surface area contributed by atoms with Crippen LogP contribution in [0.15, 0.2) is 42.5 Å². The molecule has 0 saturated heterocycles. The minimum atomic E-state index is -0.711. The first kappa shape index (κ1) is 18.0. The average Bonchev–Trinajstić information content (AvgIpc) is 2.56. The van der Waals surface area contributed by atoms with E-state index in [4.69, 9.17) is 0 Å². The van der Waals surface area contributed by atoms with Gasteiger partial charge < -0.3 is 4.90 Å². The zero-order valence-corrected chi connectivity index (χ0v) is 15.0. The molecule has 0 saturated carbocycles. The monoisotopic (exact) mass is 354 g/mol. The number of carbonyl (C=O) groups excluding carboxylic acids is 1. The molecular weight excluding hydrogens is 334 g/mol. The molecule has 0 unspecified atom stereocenters. The van der Waals surface area contributed by atoms with Crippen molar-refractivity contribution in [2.24, 2.45) is 0 Å². The van der Waals surface area contributed by atoms with Crippen LogP contribution in [0.5, 0.6) is 0 Å². The summed E-state index contributed by atoms with van der Waals surface area (Å²) in [6.45, 7) is 1.73. The lowest BCUT2D eigenvalue weighted by molar-refractivity contribution is -0.117. The summed E-state index contributed by atoms with van der Waals surface area (Å²) in [5, 5.41) is 0.351. The summed E-state index contributed by atoms with van der Waals surface area (Å²) >= 11 is 0. The molecule has 0 aliphatic heterocycles. The Kier molecular flexibility index (Phi) is 4.98. The number of carbonyl (C=O) groups is 1. The summed E-state index contributed by atoms with van der Waals surface area (Å²) in [6.07, 6.45) is 0.382. The maximum absolute atomic E-state index is 14.0. The van der Waals surface area contributed by atoms with E-state index >= 15 is 0 Å². The molecule has 2 aromatic carbocycles. The largest absolute Gasteiger partial charge is 0.378 e. The van der Waals surface area contributed by atoms with Crippen LogP contribution in [0.25, 0.3) is 10.9 Å². The molecule has 0 aliphatic carbocycles. The highest BCUT2D eigenvalue weighted by Crippen LogP contribution is 2.23. The van der Waals surface area contributed by atoms with Crippen molar-refractivity contribution in [2.75, 3.05) is 19.0 Å². The molecule has 134 valence electrons. The number of fused-ring (bicyclic) bond motifs is 1. The third kappa shape index (κ3) is 3.87. The van der Waals surface area contributed by atoms with Crippen molar-refractivity contribution in [1.29, 1.82) is 0 Å². The number of pyridine rings is 1. The van der Waals surface area contributed by atoms with E-state index < -0.39 is 11.6 Å². The lowest BCUT2D eigenvalue weighted by Gasteiger charge is -2.12. The van der Waals surface area contributed by atoms with E-state index in [1.165, 1.54) is 6.07 Å². The maximum atomic E-state index is 14.0. The fraction of sp³-hybridized carbons (Fsp3) is 0.238. The minimum absolute atomic E-state index is 0.0147. The highest BCUT2D eigenvalue weighted by Gasteiger charge is 2.14. The van der Waals surface area contributed by atoms with Gasteiger partial charge in [-0.2, -0.15) is 0 Å². The van der Waals surface area contributed by atoms with Crippen LogP contribution in [0.4, 0.5) is 14.5 Å². The Labute approximate surface area is 151 Å². The zero-order chi connectivity index (χ0) is 18.8. The second kappa shape index (κ2) is 7.20. The zero-order valence-electron chi connectivity index (χ0n) is 15.0. The van der Waals surface area contributed by atoms with Gasteiger partial charge in [-0.15, -0.1) is 0 Å². The summed E-state index contributed by atoms with van der Waals surface area (Å²) in [7, 11) is 3.91. The number of nitrogens with zero attached hydrogens (tertiary/aromatic N) is 2. The standard InChI is InChI=1S/C21H20F2N2O/c1-13-8-15(19-11-16(22)12-20(23)21(19)24-13)10-18(26)9-14-4-6-17(7-5-14)25(2)3/h4-8,11-12H,9-10H2,1-3H3. The van der Waals surface area contributed by atoms with Crippen molar-refractivity contribution in [3.8, 4) is 0 Å². The summed E-state index contributed by atoms with van der Waals surface area (Å²) in [5.74, 6) is -1.40. The molecule has 0 fully saturated rings. The van der Waals surface area contributed by atoms with E-state index in [-0.39, 0.29) is 24.1 Å². The Morgan fingerprint density at radius 3 is 2.38 bits per heavy atom. The van der Waals surface area contributed by atoms with Crippen LogP contribution in [-0.2, 0) is 17.6 Å². The second-order valence-electron chi connectivity index (χ2n) is 6.66. The molecule has 1 heterocycles. The number of aromatic nitrogens is 1. The number of rotatable bonds is 5. The molecule has 5 heteroatoms. The third-order valence-electron chi connectivity index (χ3n) is 4.29. The number of aryl methyl sites for hydroxylation is 1. The first-order valence-corrected chi connectivity index (χ1v) is 8.36. The van der Waals surface area contributed by atoms with E-state index in [1.54, 1.807) is 13.0 Å². The molecule has 1 aromatic heterocycles. The van der Waals surface area contributed by atoms with Crippen molar-refractivity contribution >= 4 is 22.4 Å². The summed E-state index contributed by atoms with van der Waals surface area (Å²) in [4.78, 5) is 18.6. The Hall–Kier alpha value is -2.82. The second-order valence-corrected chi connectivity index (χ2v) is 6.66. The van der Waals surface area contributed by atoms with Gasteiger partial charge in [-0.3, -0.25) is 9.78 Å². The predicted octanol–water partition coefficient (Wildman–Crippen LogP) is 4.24. The highest BCUT2D eigenvalue weighted by molar-refractivity contribution is 5.90. The molecule has 0 bridgehead atoms. The average molecular weight is 354 g/mol. The van der Waals surface area contributed by atoms with Gasteiger partial charge in [0.15, 0.2) is 5.82 Å². The SMILES string of the molecule is Cc1cc(CC(=O)Cc2ccc(N(C)C)cc2)c2cc(F)cc(F)c2n1. The number of hydrogen-bond donors (Lipinski definition) is 0. The first-order valence-electron chi connectivity index (χ1n) is 8.36. The van der Waals surface area contributed by atoms with Crippen molar-refractivity contribution in [1.82, 2.24) is 4.98 Å². The quantitative estimate of drug-likeness (QED) is 0.687. The molecule has 0 aliphatic rings. The van der Waals surface area contributed by atoms with Crippen molar-refractivity contribution < 1.29 is 13.6 Å². The van der Waals surface area contributed by atoms with E-state index in [0.717, 1.165) is 17.3 Å². The van der Waals surface area contributed by atoms with E-state index in [9.17, 15) is 13.6 Å². The topological polar surface area (TPSA) is 33.2 Å². The predicted molar refractivity (Wildman–Crippen MR) is 99.6 cm³/mol. The summed E-state index contributed by atoms with van der Waals surface area (Å²) in [5.41, 5.74) is 3.27. The van der Waals surface area contributed by atoms with Gasteiger partial charge in [-0.25, -0.2) is 8.78 Å². The smallest absolute Gasteiger partial charge is 0.152 e. The van der Waals surface area contributed by atoms with Crippen LogP contribution in [0.2, 0.25) is 0 Å².